The Morgan fingerprint density at radius 3 is 2.72 bits per heavy atom. The molecule has 2 aliphatic carbocycles. The fraction of sp³-hybridized carbons (Fsp3) is 0.857. The van der Waals surface area contributed by atoms with E-state index in [0.717, 1.165) is 24.6 Å². The molecule has 1 heterocycles. The lowest BCUT2D eigenvalue weighted by Crippen LogP contribution is -2.34. The molecule has 18 heavy (non-hydrogen) atoms. The summed E-state index contributed by atoms with van der Waals surface area (Å²) in [6, 6.07) is 0.312. The fourth-order valence-electron chi connectivity index (χ4n) is 3.11. The number of nitrogens with zero attached hydrogens (tertiary/aromatic N) is 2. The summed E-state index contributed by atoms with van der Waals surface area (Å²) in [4.78, 5) is 4.56. The Kier molecular flexibility index (Phi) is 2.93. The van der Waals surface area contributed by atoms with Gasteiger partial charge in [0.1, 0.15) is 0 Å². The Balaban J connectivity index is 1.63. The van der Waals surface area contributed by atoms with E-state index < -0.39 is 0 Å². The van der Waals surface area contributed by atoms with Gasteiger partial charge in [-0.25, -0.2) is 0 Å². The molecule has 0 aromatic carbocycles. The third kappa shape index (κ3) is 2.30. The predicted molar refractivity (Wildman–Crippen MR) is 69.1 cm³/mol. The zero-order chi connectivity index (χ0) is 12.8. The second-order valence-electron chi connectivity index (χ2n) is 6.70. The molecule has 0 bridgehead atoms. The van der Waals surface area contributed by atoms with Crippen LogP contribution in [0.2, 0.25) is 0 Å². The van der Waals surface area contributed by atoms with Crippen LogP contribution in [-0.4, -0.2) is 16.2 Å². The van der Waals surface area contributed by atoms with Crippen LogP contribution in [0.1, 0.15) is 63.6 Å². The average molecular weight is 249 g/mol. The lowest BCUT2D eigenvalue weighted by molar-refractivity contribution is 0.272. The minimum atomic E-state index is 0.312. The molecule has 0 spiro atoms. The summed E-state index contributed by atoms with van der Waals surface area (Å²) >= 11 is 0. The van der Waals surface area contributed by atoms with E-state index in [1.165, 1.54) is 25.7 Å². The Labute approximate surface area is 108 Å². The summed E-state index contributed by atoms with van der Waals surface area (Å²) in [7, 11) is 0. The minimum Gasteiger partial charge on any atom is -0.339 e. The summed E-state index contributed by atoms with van der Waals surface area (Å²) in [6.07, 6.45) is 6.93. The van der Waals surface area contributed by atoms with Crippen LogP contribution in [0.5, 0.6) is 0 Å². The van der Waals surface area contributed by atoms with Gasteiger partial charge in [-0.15, -0.1) is 0 Å². The van der Waals surface area contributed by atoms with Crippen LogP contribution in [0.25, 0.3) is 0 Å². The first-order chi connectivity index (χ1) is 8.56. The molecule has 0 amide bonds. The monoisotopic (exact) mass is 249 g/mol. The van der Waals surface area contributed by atoms with Gasteiger partial charge in [0.2, 0.25) is 5.89 Å². The van der Waals surface area contributed by atoms with Crippen molar-refractivity contribution in [2.45, 2.75) is 64.3 Å². The van der Waals surface area contributed by atoms with Gasteiger partial charge in [-0.1, -0.05) is 31.8 Å². The second-order valence-corrected chi connectivity index (χ2v) is 6.70. The molecule has 2 fully saturated rings. The van der Waals surface area contributed by atoms with E-state index in [0.29, 0.717) is 23.3 Å². The van der Waals surface area contributed by atoms with E-state index in [9.17, 15) is 0 Å². The van der Waals surface area contributed by atoms with Gasteiger partial charge in [0.15, 0.2) is 5.82 Å². The molecule has 0 saturated heterocycles. The summed E-state index contributed by atoms with van der Waals surface area (Å²) in [5.74, 6) is 2.71. The number of aromatic nitrogens is 2. The molecule has 2 N–H and O–H groups in total. The number of hydrogen-bond donors (Lipinski definition) is 1. The van der Waals surface area contributed by atoms with Crippen molar-refractivity contribution in [3.8, 4) is 0 Å². The van der Waals surface area contributed by atoms with E-state index in [1.807, 2.05) is 0 Å². The molecule has 1 aromatic heterocycles. The maximum absolute atomic E-state index is 6.16. The van der Waals surface area contributed by atoms with E-state index in [1.54, 1.807) is 0 Å². The van der Waals surface area contributed by atoms with Crippen LogP contribution in [0.4, 0.5) is 0 Å². The number of hydrogen-bond acceptors (Lipinski definition) is 4. The molecule has 3 rings (SSSR count). The third-order valence-electron chi connectivity index (χ3n) is 4.71. The van der Waals surface area contributed by atoms with Crippen LogP contribution in [0.15, 0.2) is 4.52 Å². The maximum atomic E-state index is 6.16. The van der Waals surface area contributed by atoms with E-state index in [2.05, 4.69) is 24.0 Å². The molecule has 3 atom stereocenters. The first kappa shape index (κ1) is 12.2. The number of nitrogens with two attached hydrogens (primary N) is 1. The Morgan fingerprint density at radius 1 is 1.33 bits per heavy atom. The summed E-state index contributed by atoms with van der Waals surface area (Å²) in [6.45, 7) is 4.51. The van der Waals surface area contributed by atoms with Crippen molar-refractivity contribution in [1.29, 1.82) is 0 Å². The van der Waals surface area contributed by atoms with Crippen molar-refractivity contribution in [2.75, 3.05) is 0 Å². The fourth-order valence-corrected chi connectivity index (χ4v) is 3.11. The number of rotatable bonds is 3. The van der Waals surface area contributed by atoms with Gasteiger partial charge in [0.05, 0.1) is 0 Å². The van der Waals surface area contributed by atoms with E-state index in [4.69, 9.17) is 10.3 Å². The summed E-state index contributed by atoms with van der Waals surface area (Å²) in [5.41, 5.74) is 6.52. The molecular weight excluding hydrogens is 226 g/mol. The molecule has 2 aliphatic rings. The SMILES string of the molecule is CC1(C)CC1c1noc(CC2CCCCC2N)n1. The maximum Gasteiger partial charge on any atom is 0.226 e. The van der Waals surface area contributed by atoms with Gasteiger partial charge in [-0.3, -0.25) is 0 Å². The van der Waals surface area contributed by atoms with Crippen LogP contribution >= 0.6 is 0 Å². The first-order valence-corrected chi connectivity index (χ1v) is 7.14. The normalized spacial score (nSPS) is 34.5. The minimum absolute atomic E-state index is 0.312. The van der Waals surface area contributed by atoms with Gasteiger partial charge in [0, 0.05) is 18.4 Å². The van der Waals surface area contributed by atoms with Crippen molar-refractivity contribution in [3.05, 3.63) is 11.7 Å². The lowest BCUT2D eigenvalue weighted by Gasteiger charge is -2.27. The van der Waals surface area contributed by atoms with E-state index in [-0.39, 0.29) is 0 Å². The highest BCUT2D eigenvalue weighted by molar-refractivity contribution is 5.14. The highest BCUT2D eigenvalue weighted by Gasteiger charge is 2.49. The van der Waals surface area contributed by atoms with Gasteiger partial charge >= 0.3 is 0 Å². The van der Waals surface area contributed by atoms with Crippen LogP contribution in [0, 0.1) is 11.3 Å². The molecule has 4 nitrogen and oxygen atoms in total. The molecule has 100 valence electrons. The predicted octanol–water partition coefficient (Wildman–Crippen LogP) is 2.64. The Hall–Kier alpha value is -0.900. The van der Waals surface area contributed by atoms with Crippen molar-refractivity contribution in [2.24, 2.45) is 17.1 Å². The highest BCUT2D eigenvalue weighted by atomic mass is 16.5. The average Bonchev–Trinajstić information content (AvgIpc) is 2.75. The Morgan fingerprint density at radius 2 is 2.06 bits per heavy atom. The zero-order valence-electron chi connectivity index (χ0n) is 11.4. The molecule has 2 saturated carbocycles. The largest absolute Gasteiger partial charge is 0.339 e. The van der Waals surface area contributed by atoms with Gasteiger partial charge in [0.25, 0.3) is 0 Å². The second kappa shape index (κ2) is 4.34. The smallest absolute Gasteiger partial charge is 0.226 e. The van der Waals surface area contributed by atoms with Gasteiger partial charge < -0.3 is 10.3 Å². The molecule has 0 aliphatic heterocycles. The Bertz CT molecular complexity index is 426. The molecular formula is C14H23N3O. The summed E-state index contributed by atoms with van der Waals surface area (Å²) < 4.78 is 5.39. The van der Waals surface area contributed by atoms with E-state index >= 15 is 0 Å². The third-order valence-corrected chi connectivity index (χ3v) is 4.71. The van der Waals surface area contributed by atoms with Gasteiger partial charge in [-0.05, 0) is 30.6 Å². The van der Waals surface area contributed by atoms with Crippen molar-refractivity contribution in [1.82, 2.24) is 10.1 Å². The van der Waals surface area contributed by atoms with Crippen molar-refractivity contribution in [3.63, 3.8) is 0 Å². The topological polar surface area (TPSA) is 64.9 Å². The molecule has 1 aromatic rings. The molecule has 4 heteroatoms. The van der Waals surface area contributed by atoms with Crippen molar-refractivity contribution >= 4 is 0 Å². The molecule has 0 radical (unpaired) electrons. The van der Waals surface area contributed by atoms with Crippen LogP contribution < -0.4 is 5.73 Å². The van der Waals surface area contributed by atoms with Crippen LogP contribution in [0.3, 0.4) is 0 Å². The van der Waals surface area contributed by atoms with Crippen LogP contribution in [-0.2, 0) is 6.42 Å². The summed E-state index contributed by atoms with van der Waals surface area (Å²) in [5, 5.41) is 4.14. The quantitative estimate of drug-likeness (QED) is 0.894. The van der Waals surface area contributed by atoms with Crippen molar-refractivity contribution < 1.29 is 4.52 Å². The first-order valence-electron chi connectivity index (χ1n) is 7.14. The lowest BCUT2D eigenvalue weighted by atomic mass is 9.83. The highest BCUT2D eigenvalue weighted by Crippen LogP contribution is 2.57. The molecule has 3 unspecified atom stereocenters. The standard InChI is InChI=1S/C14H23N3O/c1-14(2)8-10(14)13-16-12(18-17-13)7-9-5-3-4-6-11(9)15/h9-11H,3-8,15H2,1-2H3. The zero-order valence-corrected chi connectivity index (χ0v) is 11.4. The van der Waals surface area contributed by atoms with Gasteiger partial charge in [-0.2, -0.15) is 4.98 Å².